The number of rotatable bonds is 12. The number of ether oxygens (including phenoxy) is 2. The molecule has 1 aromatic heterocycles. The molecule has 2 aromatic rings. The maximum absolute atomic E-state index is 5.98. The molecule has 0 aliphatic carbocycles. The van der Waals surface area contributed by atoms with Gasteiger partial charge in [0.1, 0.15) is 30.9 Å². The van der Waals surface area contributed by atoms with Crippen molar-refractivity contribution in [2.45, 2.75) is 53.4 Å². The molecule has 0 N–H and O–H groups in total. The number of aromatic nitrogens is 2. The summed E-state index contributed by atoms with van der Waals surface area (Å²) < 4.78 is 13.6. The second kappa shape index (κ2) is 12.1. The van der Waals surface area contributed by atoms with Gasteiger partial charge in [0.15, 0.2) is 0 Å². The molecule has 0 aliphatic heterocycles. The van der Waals surface area contributed by atoms with Crippen LogP contribution in [0.25, 0.3) is 0 Å². The molecule has 0 radical (unpaired) electrons. The first-order valence-corrected chi connectivity index (χ1v) is 10.5. The maximum atomic E-state index is 5.98. The van der Waals surface area contributed by atoms with Crippen molar-refractivity contribution in [2.24, 2.45) is 12.2 Å². The van der Waals surface area contributed by atoms with E-state index < -0.39 is 0 Å². The van der Waals surface area contributed by atoms with Gasteiger partial charge in [-0.25, -0.2) is 4.98 Å². The van der Waals surface area contributed by atoms with Crippen molar-refractivity contribution >= 4 is 5.71 Å². The van der Waals surface area contributed by atoms with Gasteiger partial charge in [-0.1, -0.05) is 17.3 Å². The highest BCUT2D eigenvalue weighted by Crippen LogP contribution is 2.24. The molecular weight excluding hydrogens is 378 g/mol. The number of hydrogen-bond donors (Lipinski definition) is 0. The average molecular weight is 414 g/mol. The van der Waals surface area contributed by atoms with E-state index in [9.17, 15) is 0 Å². The molecule has 0 saturated carbocycles. The zero-order chi connectivity index (χ0) is 21.9. The van der Waals surface area contributed by atoms with Gasteiger partial charge in [-0.2, -0.15) is 0 Å². The van der Waals surface area contributed by atoms with E-state index in [0.29, 0.717) is 18.9 Å². The molecule has 164 valence electrons. The molecule has 0 aliphatic rings. The van der Waals surface area contributed by atoms with Gasteiger partial charge in [-0.05, 0) is 82.2 Å². The van der Waals surface area contributed by atoms with Crippen LogP contribution in [0.2, 0.25) is 0 Å². The van der Waals surface area contributed by atoms with E-state index >= 15 is 0 Å². The van der Waals surface area contributed by atoms with Crippen LogP contribution in [0.1, 0.15) is 55.5 Å². The number of nitrogens with zero attached hydrogens (tertiary/aromatic N) is 3. The van der Waals surface area contributed by atoms with E-state index in [1.54, 1.807) is 6.33 Å². The molecule has 0 spiro atoms. The second-order valence-electron chi connectivity index (χ2n) is 7.44. The summed E-state index contributed by atoms with van der Waals surface area (Å²) in [5.74, 6) is 1.67. The quantitative estimate of drug-likeness (QED) is 0.209. The van der Waals surface area contributed by atoms with Gasteiger partial charge in [0.2, 0.25) is 5.88 Å². The monoisotopic (exact) mass is 413 g/mol. The number of allylic oxidation sites excluding steroid dienone is 1. The molecule has 0 fully saturated rings. The van der Waals surface area contributed by atoms with Crippen molar-refractivity contribution in [3.8, 4) is 11.6 Å². The summed E-state index contributed by atoms with van der Waals surface area (Å²) in [7, 11) is 3.45. The van der Waals surface area contributed by atoms with E-state index in [1.807, 2.05) is 37.6 Å². The van der Waals surface area contributed by atoms with Crippen molar-refractivity contribution in [3.05, 3.63) is 53.0 Å². The summed E-state index contributed by atoms with van der Waals surface area (Å²) in [6.45, 7) is 9.47. The third kappa shape index (κ3) is 6.65. The number of oxime groups is 1. The zero-order valence-electron chi connectivity index (χ0n) is 19.2. The lowest BCUT2D eigenvalue weighted by molar-refractivity contribution is 0.213. The Morgan fingerprint density at radius 3 is 2.53 bits per heavy atom. The minimum absolute atomic E-state index is 0.615. The fourth-order valence-corrected chi connectivity index (χ4v) is 3.44. The molecule has 6 heteroatoms. The Balaban J connectivity index is 1.80. The summed E-state index contributed by atoms with van der Waals surface area (Å²) in [6.07, 6.45) is 10.1. The Kier molecular flexibility index (Phi) is 9.45. The number of imidazole rings is 1. The molecule has 0 bridgehead atoms. The standard InChI is InChI=1S/C24H35N3O3/c1-7-8-13-29-21-15-18(2)22(19(3)16-21)12-10-9-11-14-30-24-23(20(4)26-28-6)25-17-27(24)5/h7-8,15-17H,9-14H2,1-6H3/b8-7+,26-20+. The third-order valence-electron chi connectivity index (χ3n) is 5.02. The van der Waals surface area contributed by atoms with Crippen LogP contribution >= 0.6 is 0 Å². The molecule has 0 amide bonds. The van der Waals surface area contributed by atoms with Crippen LogP contribution in [-0.4, -0.2) is 35.6 Å². The molecule has 1 heterocycles. The Labute approximate surface area is 180 Å². The van der Waals surface area contributed by atoms with E-state index in [4.69, 9.17) is 14.3 Å². The van der Waals surface area contributed by atoms with Gasteiger partial charge in [0.05, 0.1) is 12.9 Å². The summed E-state index contributed by atoms with van der Waals surface area (Å²) in [6, 6.07) is 4.28. The SMILES string of the molecule is C/C=C/COc1cc(C)c(CCCCCOc2c(/C(C)=N/OC)ncn2C)c(C)c1. The summed E-state index contributed by atoms with van der Waals surface area (Å²) in [4.78, 5) is 9.20. The first kappa shape index (κ1) is 23.5. The van der Waals surface area contributed by atoms with E-state index in [2.05, 4.69) is 36.1 Å². The molecule has 2 rings (SSSR count). The van der Waals surface area contributed by atoms with Crippen molar-refractivity contribution < 1.29 is 14.3 Å². The smallest absolute Gasteiger partial charge is 0.223 e. The largest absolute Gasteiger partial charge is 0.490 e. The lowest BCUT2D eigenvalue weighted by atomic mass is 9.97. The molecule has 0 atom stereocenters. The normalized spacial score (nSPS) is 11.9. The lowest BCUT2D eigenvalue weighted by Crippen LogP contribution is -2.06. The number of unbranched alkanes of at least 4 members (excludes halogenated alkanes) is 2. The van der Waals surface area contributed by atoms with Crippen molar-refractivity contribution in [2.75, 3.05) is 20.3 Å². The Hall–Kier alpha value is -2.76. The molecule has 6 nitrogen and oxygen atoms in total. The van der Waals surface area contributed by atoms with Crippen LogP contribution in [-0.2, 0) is 18.3 Å². The van der Waals surface area contributed by atoms with Crippen molar-refractivity contribution in [3.63, 3.8) is 0 Å². The highest BCUT2D eigenvalue weighted by Gasteiger charge is 2.14. The van der Waals surface area contributed by atoms with Crippen LogP contribution in [0, 0.1) is 13.8 Å². The zero-order valence-corrected chi connectivity index (χ0v) is 19.2. The lowest BCUT2D eigenvalue weighted by Gasteiger charge is -2.13. The molecule has 0 saturated heterocycles. The topological polar surface area (TPSA) is 57.9 Å². The summed E-state index contributed by atoms with van der Waals surface area (Å²) in [5.41, 5.74) is 5.46. The number of aryl methyl sites for hydroxylation is 3. The van der Waals surface area contributed by atoms with Gasteiger partial charge in [0.25, 0.3) is 0 Å². The predicted octanol–water partition coefficient (Wildman–Crippen LogP) is 5.15. The van der Waals surface area contributed by atoms with Crippen molar-refractivity contribution in [1.82, 2.24) is 9.55 Å². The van der Waals surface area contributed by atoms with Crippen LogP contribution in [0.4, 0.5) is 0 Å². The Morgan fingerprint density at radius 1 is 1.13 bits per heavy atom. The van der Waals surface area contributed by atoms with Gasteiger partial charge in [0, 0.05) is 7.05 Å². The minimum atomic E-state index is 0.615. The second-order valence-corrected chi connectivity index (χ2v) is 7.44. The van der Waals surface area contributed by atoms with E-state index in [-0.39, 0.29) is 0 Å². The molecular formula is C24H35N3O3. The predicted molar refractivity (Wildman–Crippen MR) is 122 cm³/mol. The summed E-state index contributed by atoms with van der Waals surface area (Å²) >= 11 is 0. The Bertz CT molecular complexity index is 846. The fourth-order valence-electron chi connectivity index (χ4n) is 3.44. The summed E-state index contributed by atoms with van der Waals surface area (Å²) in [5, 5.41) is 3.95. The fraction of sp³-hybridized carbons (Fsp3) is 0.500. The molecule has 30 heavy (non-hydrogen) atoms. The van der Waals surface area contributed by atoms with E-state index in [0.717, 1.165) is 43.0 Å². The first-order valence-electron chi connectivity index (χ1n) is 10.5. The highest BCUT2D eigenvalue weighted by atomic mass is 16.6. The van der Waals surface area contributed by atoms with Crippen molar-refractivity contribution in [1.29, 1.82) is 0 Å². The van der Waals surface area contributed by atoms with Crippen LogP contribution in [0.3, 0.4) is 0 Å². The van der Waals surface area contributed by atoms with E-state index in [1.165, 1.54) is 23.8 Å². The highest BCUT2D eigenvalue weighted by molar-refractivity contribution is 5.98. The third-order valence-corrected chi connectivity index (χ3v) is 5.02. The molecule has 0 unspecified atom stereocenters. The maximum Gasteiger partial charge on any atom is 0.223 e. The minimum Gasteiger partial charge on any atom is -0.490 e. The Morgan fingerprint density at radius 2 is 1.87 bits per heavy atom. The van der Waals surface area contributed by atoms with Crippen LogP contribution < -0.4 is 9.47 Å². The van der Waals surface area contributed by atoms with Crippen LogP contribution in [0.5, 0.6) is 11.6 Å². The van der Waals surface area contributed by atoms with Gasteiger partial charge < -0.3 is 18.9 Å². The number of benzene rings is 1. The first-order chi connectivity index (χ1) is 14.5. The van der Waals surface area contributed by atoms with Gasteiger partial charge in [-0.3, -0.25) is 0 Å². The number of hydrogen-bond acceptors (Lipinski definition) is 5. The van der Waals surface area contributed by atoms with Gasteiger partial charge >= 0.3 is 0 Å². The molecule has 1 aromatic carbocycles. The van der Waals surface area contributed by atoms with Crippen LogP contribution in [0.15, 0.2) is 35.8 Å². The average Bonchev–Trinajstić information content (AvgIpc) is 3.07. The van der Waals surface area contributed by atoms with Gasteiger partial charge in [-0.15, -0.1) is 0 Å².